The molecule has 0 atom stereocenters. The van der Waals surface area contributed by atoms with E-state index in [1.165, 1.54) is 12.8 Å². The normalized spacial score (nSPS) is 21.3. The Morgan fingerprint density at radius 2 is 2.12 bits per heavy atom. The molecule has 0 amide bonds. The van der Waals surface area contributed by atoms with Crippen LogP contribution in [-0.2, 0) is 6.42 Å². The van der Waals surface area contributed by atoms with Gasteiger partial charge in [-0.25, -0.2) is 0 Å². The molecule has 2 fully saturated rings. The molecule has 0 spiro atoms. The molecule has 0 saturated heterocycles. The van der Waals surface area contributed by atoms with Gasteiger partial charge in [-0.15, -0.1) is 0 Å². The molecular formula is C14H17BrO2. The Hall–Kier alpha value is -0.540. The first-order valence-electron chi connectivity index (χ1n) is 6.28. The summed E-state index contributed by atoms with van der Waals surface area (Å²) in [6.45, 7) is 0.826. The van der Waals surface area contributed by atoms with E-state index in [1.807, 2.05) is 12.1 Å². The summed E-state index contributed by atoms with van der Waals surface area (Å²) >= 11 is 3.48. The maximum atomic E-state index is 10.0. The minimum Gasteiger partial charge on any atom is -0.493 e. The SMILES string of the molecule is OC1(Cc2cc(Br)ccc2OCC2CC2)CC1. The largest absolute Gasteiger partial charge is 0.493 e. The van der Waals surface area contributed by atoms with Gasteiger partial charge in [0.05, 0.1) is 12.2 Å². The van der Waals surface area contributed by atoms with Crippen LogP contribution in [0, 0.1) is 5.92 Å². The Morgan fingerprint density at radius 1 is 1.35 bits per heavy atom. The average Bonchev–Trinajstić information content (AvgIpc) is 3.16. The van der Waals surface area contributed by atoms with Gasteiger partial charge >= 0.3 is 0 Å². The summed E-state index contributed by atoms with van der Waals surface area (Å²) in [5.41, 5.74) is 0.665. The van der Waals surface area contributed by atoms with Crippen molar-refractivity contribution < 1.29 is 9.84 Å². The molecule has 2 aliphatic rings. The quantitative estimate of drug-likeness (QED) is 0.903. The predicted octanol–water partition coefficient (Wildman–Crippen LogP) is 3.31. The molecule has 0 unspecified atom stereocenters. The predicted molar refractivity (Wildman–Crippen MR) is 70.2 cm³/mol. The molecule has 0 aromatic heterocycles. The molecular weight excluding hydrogens is 280 g/mol. The number of benzene rings is 1. The Labute approximate surface area is 110 Å². The molecule has 1 N–H and O–H groups in total. The lowest BCUT2D eigenvalue weighted by Gasteiger charge is -2.14. The monoisotopic (exact) mass is 296 g/mol. The smallest absolute Gasteiger partial charge is 0.122 e. The molecule has 0 radical (unpaired) electrons. The number of hydrogen-bond acceptors (Lipinski definition) is 2. The van der Waals surface area contributed by atoms with Crippen LogP contribution in [0.2, 0.25) is 0 Å². The fourth-order valence-corrected chi connectivity index (χ4v) is 2.40. The highest BCUT2D eigenvalue weighted by molar-refractivity contribution is 9.10. The van der Waals surface area contributed by atoms with Crippen LogP contribution in [0.3, 0.4) is 0 Å². The van der Waals surface area contributed by atoms with Crippen molar-refractivity contribution in [3.8, 4) is 5.75 Å². The van der Waals surface area contributed by atoms with Crippen LogP contribution in [0.25, 0.3) is 0 Å². The minimum atomic E-state index is -0.460. The Balaban J connectivity index is 1.74. The van der Waals surface area contributed by atoms with Crippen molar-refractivity contribution in [1.29, 1.82) is 0 Å². The van der Waals surface area contributed by atoms with E-state index in [0.717, 1.165) is 41.2 Å². The van der Waals surface area contributed by atoms with E-state index in [1.54, 1.807) is 0 Å². The molecule has 3 rings (SSSR count). The second-order valence-electron chi connectivity index (χ2n) is 5.41. The highest BCUT2D eigenvalue weighted by Crippen LogP contribution is 2.41. The van der Waals surface area contributed by atoms with Crippen molar-refractivity contribution in [1.82, 2.24) is 0 Å². The van der Waals surface area contributed by atoms with E-state index >= 15 is 0 Å². The van der Waals surface area contributed by atoms with Crippen LogP contribution >= 0.6 is 15.9 Å². The van der Waals surface area contributed by atoms with Gasteiger partial charge in [-0.2, -0.15) is 0 Å². The third-order valence-corrected chi connectivity index (χ3v) is 4.03. The lowest BCUT2D eigenvalue weighted by molar-refractivity contribution is 0.149. The van der Waals surface area contributed by atoms with Crippen molar-refractivity contribution in [2.75, 3.05) is 6.61 Å². The molecule has 0 aliphatic heterocycles. The molecule has 0 bridgehead atoms. The van der Waals surface area contributed by atoms with Crippen molar-refractivity contribution in [2.45, 2.75) is 37.7 Å². The summed E-state index contributed by atoms with van der Waals surface area (Å²) in [5.74, 6) is 1.70. The molecule has 2 nitrogen and oxygen atoms in total. The number of ether oxygens (including phenoxy) is 1. The van der Waals surface area contributed by atoms with Crippen LogP contribution in [0.15, 0.2) is 22.7 Å². The number of hydrogen-bond donors (Lipinski definition) is 1. The van der Waals surface area contributed by atoms with Crippen LogP contribution in [0.1, 0.15) is 31.2 Å². The standard InChI is InChI=1S/C14H17BrO2/c15-12-3-4-13(17-9-10-1-2-10)11(7-12)8-14(16)5-6-14/h3-4,7,10,16H,1-2,5-6,8-9H2. The van der Waals surface area contributed by atoms with Crippen molar-refractivity contribution in [3.63, 3.8) is 0 Å². The zero-order valence-corrected chi connectivity index (χ0v) is 11.4. The molecule has 2 saturated carbocycles. The van der Waals surface area contributed by atoms with E-state index in [2.05, 4.69) is 22.0 Å². The Bertz CT molecular complexity index is 422. The lowest BCUT2D eigenvalue weighted by Crippen LogP contribution is -2.12. The van der Waals surface area contributed by atoms with Crippen LogP contribution in [-0.4, -0.2) is 17.3 Å². The molecule has 1 aromatic carbocycles. The summed E-state index contributed by atoms with van der Waals surface area (Å²) in [5, 5.41) is 10.0. The highest BCUT2D eigenvalue weighted by Gasteiger charge is 2.40. The minimum absolute atomic E-state index is 0.460. The number of rotatable bonds is 5. The van der Waals surface area contributed by atoms with Gasteiger partial charge in [0.1, 0.15) is 5.75 Å². The summed E-state index contributed by atoms with van der Waals surface area (Å²) in [6, 6.07) is 6.08. The van der Waals surface area contributed by atoms with Gasteiger partial charge in [0.25, 0.3) is 0 Å². The first-order valence-corrected chi connectivity index (χ1v) is 7.08. The summed E-state index contributed by atoms with van der Waals surface area (Å²) < 4.78 is 6.91. The molecule has 1 aromatic rings. The second-order valence-corrected chi connectivity index (χ2v) is 6.32. The van der Waals surface area contributed by atoms with Crippen LogP contribution in [0.4, 0.5) is 0 Å². The van der Waals surface area contributed by atoms with Crippen LogP contribution < -0.4 is 4.74 Å². The fourth-order valence-electron chi connectivity index (χ4n) is 1.99. The summed E-state index contributed by atoms with van der Waals surface area (Å²) in [7, 11) is 0. The second kappa shape index (κ2) is 4.29. The van der Waals surface area contributed by atoms with Gasteiger partial charge in [-0.05, 0) is 55.4 Å². The molecule has 17 heavy (non-hydrogen) atoms. The zero-order valence-electron chi connectivity index (χ0n) is 9.79. The van der Waals surface area contributed by atoms with Gasteiger partial charge in [0, 0.05) is 10.9 Å². The van der Waals surface area contributed by atoms with Crippen LogP contribution in [0.5, 0.6) is 5.75 Å². The fraction of sp³-hybridized carbons (Fsp3) is 0.571. The van der Waals surface area contributed by atoms with E-state index < -0.39 is 5.60 Å². The third-order valence-electron chi connectivity index (χ3n) is 3.54. The summed E-state index contributed by atoms with van der Waals surface area (Å²) in [6.07, 6.45) is 5.15. The van der Waals surface area contributed by atoms with Crippen molar-refractivity contribution in [3.05, 3.63) is 28.2 Å². The maximum absolute atomic E-state index is 10.0. The maximum Gasteiger partial charge on any atom is 0.122 e. The van der Waals surface area contributed by atoms with Gasteiger partial charge in [-0.1, -0.05) is 15.9 Å². The molecule has 0 heterocycles. The topological polar surface area (TPSA) is 29.5 Å². The average molecular weight is 297 g/mol. The highest BCUT2D eigenvalue weighted by atomic mass is 79.9. The van der Waals surface area contributed by atoms with Gasteiger partial charge in [0.15, 0.2) is 0 Å². The lowest BCUT2D eigenvalue weighted by atomic mass is 10.1. The van der Waals surface area contributed by atoms with E-state index in [4.69, 9.17) is 4.74 Å². The molecule has 2 aliphatic carbocycles. The van der Waals surface area contributed by atoms with E-state index in [0.29, 0.717) is 6.42 Å². The number of halogens is 1. The first-order chi connectivity index (χ1) is 8.15. The van der Waals surface area contributed by atoms with Crippen molar-refractivity contribution in [2.24, 2.45) is 5.92 Å². The zero-order chi connectivity index (χ0) is 11.9. The summed E-state index contributed by atoms with van der Waals surface area (Å²) in [4.78, 5) is 0. The van der Waals surface area contributed by atoms with Gasteiger partial charge < -0.3 is 9.84 Å². The third kappa shape index (κ3) is 3.02. The Kier molecular flexibility index (Phi) is 2.91. The van der Waals surface area contributed by atoms with Crippen molar-refractivity contribution >= 4 is 15.9 Å². The number of aliphatic hydroxyl groups is 1. The van der Waals surface area contributed by atoms with E-state index in [-0.39, 0.29) is 0 Å². The Morgan fingerprint density at radius 3 is 2.76 bits per heavy atom. The van der Waals surface area contributed by atoms with Gasteiger partial charge in [-0.3, -0.25) is 0 Å². The molecule has 92 valence electrons. The van der Waals surface area contributed by atoms with E-state index in [9.17, 15) is 5.11 Å². The van der Waals surface area contributed by atoms with Gasteiger partial charge in [0.2, 0.25) is 0 Å². The molecule has 3 heteroatoms. The first kappa shape index (κ1) is 11.5.